The van der Waals surface area contributed by atoms with Gasteiger partial charge in [0.15, 0.2) is 0 Å². The molecule has 9 heteroatoms. The van der Waals surface area contributed by atoms with E-state index in [0.29, 0.717) is 44.3 Å². The summed E-state index contributed by atoms with van der Waals surface area (Å²) >= 11 is 0. The Hall–Kier alpha value is -3.59. The van der Waals surface area contributed by atoms with Crippen LogP contribution in [0.2, 0.25) is 0 Å². The van der Waals surface area contributed by atoms with Crippen LogP contribution < -0.4 is 20.1 Å². The lowest BCUT2D eigenvalue weighted by atomic mass is 10.1. The molecule has 1 aliphatic rings. The van der Waals surface area contributed by atoms with Gasteiger partial charge in [-0.2, -0.15) is 0 Å². The molecule has 0 bridgehead atoms. The number of nitrogens with one attached hydrogen (secondary N) is 2. The topological polar surface area (TPSA) is 106 Å². The third kappa shape index (κ3) is 8.94. The van der Waals surface area contributed by atoms with E-state index in [1.807, 2.05) is 44.2 Å². The summed E-state index contributed by atoms with van der Waals surface area (Å²) in [6.45, 7) is 5.87. The number of carbonyl (C=O) groups excluding carboxylic acids is 3. The van der Waals surface area contributed by atoms with Gasteiger partial charge in [-0.25, -0.2) is 0 Å². The predicted octanol–water partition coefficient (Wildman–Crippen LogP) is 2.47. The van der Waals surface area contributed by atoms with Crippen LogP contribution in [-0.4, -0.2) is 68.2 Å². The molecule has 1 saturated heterocycles. The summed E-state index contributed by atoms with van der Waals surface area (Å²) in [6, 6.07) is 15.8. The standard InChI is InChI=1S/C26H33N3O6/c1-19(2)18-35-25(31)16-23-26(32)27-12-13-29(23)17-24(30)28-20-8-10-22(11-9-20)34-15-14-33-21-6-4-3-5-7-21/h3-11,19,23H,12-18H2,1-2H3,(H,27,32)(H,28,30). The number of hydrogen-bond donors (Lipinski definition) is 2. The minimum atomic E-state index is -0.733. The number of benzene rings is 2. The summed E-state index contributed by atoms with van der Waals surface area (Å²) in [5, 5.41) is 5.57. The fourth-order valence-electron chi connectivity index (χ4n) is 3.50. The number of nitrogens with zero attached hydrogens (tertiary/aromatic N) is 1. The molecule has 2 aromatic rings. The summed E-state index contributed by atoms with van der Waals surface area (Å²) in [6.07, 6.45) is -0.0914. The van der Waals surface area contributed by atoms with Crippen LogP contribution in [0.5, 0.6) is 11.5 Å². The highest BCUT2D eigenvalue weighted by molar-refractivity contribution is 5.93. The van der Waals surface area contributed by atoms with Crippen molar-refractivity contribution in [1.82, 2.24) is 10.2 Å². The van der Waals surface area contributed by atoms with Gasteiger partial charge in [0, 0.05) is 18.8 Å². The summed E-state index contributed by atoms with van der Waals surface area (Å²) in [7, 11) is 0. The van der Waals surface area contributed by atoms with E-state index in [1.165, 1.54) is 0 Å². The van der Waals surface area contributed by atoms with Crippen LogP contribution in [0.3, 0.4) is 0 Å². The van der Waals surface area contributed by atoms with E-state index in [-0.39, 0.29) is 30.7 Å². The number of piperazine rings is 1. The Morgan fingerprint density at radius 3 is 2.34 bits per heavy atom. The Morgan fingerprint density at radius 2 is 1.69 bits per heavy atom. The molecule has 2 aromatic carbocycles. The lowest BCUT2D eigenvalue weighted by Gasteiger charge is -2.33. The fraction of sp³-hybridized carbons (Fsp3) is 0.423. The molecule has 1 aliphatic heterocycles. The quantitative estimate of drug-likeness (QED) is 0.353. The Balaban J connectivity index is 1.44. The van der Waals surface area contributed by atoms with Gasteiger partial charge >= 0.3 is 5.97 Å². The van der Waals surface area contributed by atoms with Gasteiger partial charge in [-0.3, -0.25) is 19.3 Å². The molecule has 35 heavy (non-hydrogen) atoms. The zero-order valence-electron chi connectivity index (χ0n) is 20.2. The number of rotatable bonds is 12. The first-order valence-corrected chi connectivity index (χ1v) is 11.8. The van der Waals surface area contributed by atoms with Crippen LogP contribution in [-0.2, 0) is 19.1 Å². The minimum absolute atomic E-state index is 0.00930. The Kier molecular flexibility index (Phi) is 9.92. The van der Waals surface area contributed by atoms with Crippen LogP contribution in [0.25, 0.3) is 0 Å². The van der Waals surface area contributed by atoms with Gasteiger partial charge in [0.25, 0.3) is 0 Å². The number of esters is 1. The number of ether oxygens (including phenoxy) is 3. The number of carbonyl (C=O) groups is 3. The monoisotopic (exact) mass is 483 g/mol. The second-order valence-electron chi connectivity index (χ2n) is 8.64. The lowest BCUT2D eigenvalue weighted by molar-refractivity contribution is -0.149. The van der Waals surface area contributed by atoms with Crippen molar-refractivity contribution in [2.75, 3.05) is 44.8 Å². The van der Waals surface area contributed by atoms with E-state index >= 15 is 0 Å². The van der Waals surface area contributed by atoms with Gasteiger partial charge in [0.2, 0.25) is 11.8 Å². The molecule has 2 N–H and O–H groups in total. The summed E-state index contributed by atoms with van der Waals surface area (Å²) in [5.41, 5.74) is 0.609. The molecular formula is C26H33N3O6. The Morgan fingerprint density at radius 1 is 1.03 bits per heavy atom. The van der Waals surface area contributed by atoms with E-state index in [0.717, 1.165) is 5.75 Å². The summed E-state index contributed by atoms with van der Waals surface area (Å²) in [4.78, 5) is 38.8. The zero-order valence-corrected chi connectivity index (χ0v) is 20.2. The maximum Gasteiger partial charge on any atom is 0.307 e. The third-order valence-corrected chi connectivity index (χ3v) is 5.23. The zero-order chi connectivity index (χ0) is 25.0. The van der Waals surface area contributed by atoms with Crippen molar-refractivity contribution in [3.8, 4) is 11.5 Å². The molecule has 3 rings (SSSR count). The van der Waals surface area contributed by atoms with Crippen molar-refractivity contribution in [1.29, 1.82) is 0 Å². The van der Waals surface area contributed by atoms with Crippen LogP contribution in [0.4, 0.5) is 5.69 Å². The van der Waals surface area contributed by atoms with Gasteiger partial charge in [-0.1, -0.05) is 32.0 Å². The van der Waals surface area contributed by atoms with E-state index in [9.17, 15) is 14.4 Å². The molecule has 1 heterocycles. The average molecular weight is 484 g/mol. The molecule has 2 amide bonds. The number of anilines is 1. The van der Waals surface area contributed by atoms with E-state index in [4.69, 9.17) is 14.2 Å². The number of amides is 2. The molecule has 1 atom stereocenters. The third-order valence-electron chi connectivity index (χ3n) is 5.23. The van der Waals surface area contributed by atoms with Gasteiger partial charge in [-0.15, -0.1) is 0 Å². The highest BCUT2D eigenvalue weighted by atomic mass is 16.5. The van der Waals surface area contributed by atoms with Crippen molar-refractivity contribution in [2.45, 2.75) is 26.3 Å². The normalized spacial score (nSPS) is 15.9. The molecule has 9 nitrogen and oxygen atoms in total. The van der Waals surface area contributed by atoms with Crippen molar-refractivity contribution >= 4 is 23.5 Å². The molecule has 0 spiro atoms. The van der Waals surface area contributed by atoms with Gasteiger partial charge in [0.1, 0.15) is 30.8 Å². The molecular weight excluding hydrogens is 450 g/mol. The molecule has 0 radical (unpaired) electrons. The first-order valence-electron chi connectivity index (χ1n) is 11.8. The molecule has 0 saturated carbocycles. The Labute approximate surface area is 205 Å². The predicted molar refractivity (Wildman–Crippen MR) is 131 cm³/mol. The largest absolute Gasteiger partial charge is 0.490 e. The average Bonchev–Trinajstić information content (AvgIpc) is 2.84. The minimum Gasteiger partial charge on any atom is -0.490 e. The number of para-hydroxylation sites is 1. The van der Waals surface area contributed by atoms with Crippen molar-refractivity contribution in [3.05, 3.63) is 54.6 Å². The van der Waals surface area contributed by atoms with Crippen LogP contribution in [0.15, 0.2) is 54.6 Å². The van der Waals surface area contributed by atoms with Crippen molar-refractivity contribution in [3.63, 3.8) is 0 Å². The SMILES string of the molecule is CC(C)COC(=O)CC1C(=O)NCCN1CC(=O)Nc1ccc(OCCOc2ccccc2)cc1. The van der Waals surface area contributed by atoms with Crippen molar-refractivity contribution in [2.24, 2.45) is 5.92 Å². The second-order valence-corrected chi connectivity index (χ2v) is 8.64. The maximum atomic E-state index is 12.6. The van der Waals surface area contributed by atoms with Crippen LogP contribution in [0, 0.1) is 5.92 Å². The van der Waals surface area contributed by atoms with Crippen molar-refractivity contribution < 1.29 is 28.6 Å². The fourth-order valence-corrected chi connectivity index (χ4v) is 3.50. The highest BCUT2D eigenvalue weighted by Gasteiger charge is 2.33. The molecule has 1 fully saturated rings. The lowest BCUT2D eigenvalue weighted by Crippen LogP contribution is -2.57. The first-order chi connectivity index (χ1) is 16.9. The maximum absolute atomic E-state index is 12.6. The van der Waals surface area contributed by atoms with E-state index < -0.39 is 12.0 Å². The summed E-state index contributed by atoms with van der Waals surface area (Å²) in [5.74, 6) is 0.659. The van der Waals surface area contributed by atoms with E-state index in [1.54, 1.807) is 29.2 Å². The van der Waals surface area contributed by atoms with E-state index in [2.05, 4.69) is 10.6 Å². The summed E-state index contributed by atoms with van der Waals surface area (Å²) < 4.78 is 16.5. The first kappa shape index (κ1) is 26.0. The van der Waals surface area contributed by atoms with Gasteiger partial charge in [-0.05, 0) is 42.3 Å². The van der Waals surface area contributed by atoms with Crippen LogP contribution >= 0.6 is 0 Å². The van der Waals surface area contributed by atoms with Gasteiger partial charge < -0.3 is 24.8 Å². The smallest absolute Gasteiger partial charge is 0.307 e. The molecule has 0 aromatic heterocycles. The second kappa shape index (κ2) is 13.3. The van der Waals surface area contributed by atoms with Crippen LogP contribution in [0.1, 0.15) is 20.3 Å². The Bertz CT molecular complexity index is 965. The molecule has 188 valence electrons. The molecule has 1 unspecified atom stereocenters. The highest BCUT2D eigenvalue weighted by Crippen LogP contribution is 2.17. The molecule has 0 aliphatic carbocycles. The van der Waals surface area contributed by atoms with Gasteiger partial charge in [0.05, 0.1) is 19.6 Å². The number of hydrogen-bond acceptors (Lipinski definition) is 7.